The number of carbonyl (C=O) groups excluding carboxylic acids is 3. The summed E-state index contributed by atoms with van der Waals surface area (Å²) in [6.45, 7) is 2.27. The predicted molar refractivity (Wildman–Crippen MR) is 71.7 cm³/mol. The molecule has 0 bridgehead atoms. The van der Waals surface area contributed by atoms with Gasteiger partial charge in [0.25, 0.3) is 0 Å². The van der Waals surface area contributed by atoms with Crippen LogP contribution < -0.4 is 0 Å². The minimum atomic E-state index is -5.86. The van der Waals surface area contributed by atoms with E-state index in [4.69, 9.17) is 0 Å². The molecule has 1 aliphatic rings. The summed E-state index contributed by atoms with van der Waals surface area (Å²) < 4.78 is 86.3. The molecule has 3 atom stereocenters. The zero-order chi connectivity index (χ0) is 20.3. The van der Waals surface area contributed by atoms with Crippen LogP contribution in [0.25, 0.3) is 0 Å². The molecular weight excluding hydrogens is 375 g/mol. The van der Waals surface area contributed by atoms with Crippen LogP contribution in [-0.2, 0) is 33.3 Å². The maximum absolute atomic E-state index is 14.7. The van der Waals surface area contributed by atoms with Crippen molar-refractivity contribution in [2.45, 2.75) is 37.8 Å². The van der Waals surface area contributed by atoms with E-state index in [1.54, 1.807) is 0 Å². The normalized spacial score (nSPS) is 28.0. The maximum atomic E-state index is 14.7. The molecule has 0 aromatic rings. The van der Waals surface area contributed by atoms with Crippen molar-refractivity contribution in [1.82, 2.24) is 0 Å². The average Bonchev–Trinajstić information content (AvgIpc) is 2.48. The minimum absolute atomic E-state index is 0.478. The van der Waals surface area contributed by atoms with Gasteiger partial charge in [-0.1, -0.05) is 6.58 Å². The third kappa shape index (κ3) is 4.11. The van der Waals surface area contributed by atoms with Crippen molar-refractivity contribution in [3.8, 4) is 0 Å². The van der Waals surface area contributed by atoms with E-state index in [1.165, 1.54) is 0 Å². The highest BCUT2D eigenvalue weighted by molar-refractivity contribution is 5.81. The van der Waals surface area contributed by atoms with Crippen molar-refractivity contribution in [1.29, 1.82) is 0 Å². The number of halogens is 5. The Morgan fingerprint density at radius 2 is 1.81 bits per heavy atom. The lowest BCUT2D eigenvalue weighted by atomic mass is 9.88. The quantitative estimate of drug-likeness (QED) is 0.306. The van der Waals surface area contributed by atoms with Gasteiger partial charge >= 0.3 is 35.8 Å². The van der Waals surface area contributed by atoms with Crippen molar-refractivity contribution in [3.05, 3.63) is 12.7 Å². The fourth-order valence-corrected chi connectivity index (χ4v) is 2.25. The van der Waals surface area contributed by atoms with Gasteiger partial charge in [0, 0.05) is 19.9 Å². The summed E-state index contributed by atoms with van der Waals surface area (Å²) in [6.07, 6.45) is -7.91. The van der Waals surface area contributed by atoms with Crippen LogP contribution in [0.15, 0.2) is 12.7 Å². The van der Waals surface area contributed by atoms with E-state index in [0.717, 1.165) is 0 Å². The Morgan fingerprint density at radius 1 is 1.23 bits per heavy atom. The van der Waals surface area contributed by atoms with Crippen molar-refractivity contribution in [2.24, 2.45) is 5.92 Å². The molecule has 12 heteroatoms. The summed E-state index contributed by atoms with van der Waals surface area (Å²) >= 11 is 0. The van der Waals surface area contributed by atoms with Crippen LogP contribution in [0.1, 0.15) is 13.8 Å². The Morgan fingerprint density at radius 3 is 2.23 bits per heavy atom. The Bertz CT molecular complexity index is 589. The second kappa shape index (κ2) is 7.56. The van der Waals surface area contributed by atoms with E-state index in [1.807, 2.05) is 0 Å². The number of hydrogen-bond donors (Lipinski definition) is 0. The van der Waals surface area contributed by atoms with Gasteiger partial charge < -0.3 is 18.9 Å². The molecule has 0 aromatic heterocycles. The van der Waals surface area contributed by atoms with Crippen LogP contribution in [0.3, 0.4) is 0 Å². The SMILES string of the molecule is C=CC(=O)OCC1COC(OC(C)=O)(C(F)(F)F)C(F)(F)C1OC(C)=O. The molecule has 0 saturated carbocycles. The lowest BCUT2D eigenvalue weighted by molar-refractivity contribution is -0.461. The molecule has 1 heterocycles. The number of ether oxygens (including phenoxy) is 4. The molecule has 0 aromatic carbocycles. The Labute approximate surface area is 144 Å². The number of rotatable bonds is 5. The van der Waals surface area contributed by atoms with E-state index >= 15 is 0 Å². The van der Waals surface area contributed by atoms with Gasteiger partial charge in [0.05, 0.1) is 12.5 Å². The molecular formula is C14H15F5O7. The minimum Gasteiger partial charge on any atom is -0.462 e. The zero-order valence-corrected chi connectivity index (χ0v) is 13.6. The third-order valence-corrected chi connectivity index (χ3v) is 3.28. The lowest BCUT2D eigenvalue weighted by Crippen LogP contribution is -2.72. The molecule has 1 saturated heterocycles. The van der Waals surface area contributed by atoms with Crippen LogP contribution >= 0.6 is 0 Å². The second-order valence-electron chi connectivity index (χ2n) is 5.27. The van der Waals surface area contributed by atoms with E-state index in [-0.39, 0.29) is 0 Å². The van der Waals surface area contributed by atoms with Gasteiger partial charge in [-0.3, -0.25) is 9.59 Å². The molecule has 0 N–H and O–H groups in total. The van der Waals surface area contributed by atoms with Crippen LogP contribution in [0.5, 0.6) is 0 Å². The van der Waals surface area contributed by atoms with Crippen molar-refractivity contribution < 1.29 is 55.3 Å². The fraction of sp³-hybridized carbons (Fsp3) is 0.643. The van der Waals surface area contributed by atoms with E-state index in [0.29, 0.717) is 19.9 Å². The highest BCUT2D eigenvalue weighted by Gasteiger charge is 2.80. The molecule has 0 amide bonds. The highest BCUT2D eigenvalue weighted by Crippen LogP contribution is 2.52. The Balaban J connectivity index is 3.33. The van der Waals surface area contributed by atoms with Gasteiger partial charge in [-0.05, 0) is 0 Å². The first-order valence-corrected chi connectivity index (χ1v) is 7.03. The lowest BCUT2D eigenvalue weighted by Gasteiger charge is -2.47. The number of alkyl halides is 5. The number of carbonyl (C=O) groups is 3. The Hall–Kier alpha value is -2.24. The zero-order valence-electron chi connectivity index (χ0n) is 13.6. The topological polar surface area (TPSA) is 88.1 Å². The highest BCUT2D eigenvalue weighted by atomic mass is 19.4. The van der Waals surface area contributed by atoms with Crippen LogP contribution in [-0.4, -0.2) is 55.1 Å². The monoisotopic (exact) mass is 390 g/mol. The van der Waals surface area contributed by atoms with Gasteiger partial charge in [-0.2, -0.15) is 22.0 Å². The molecule has 0 aliphatic carbocycles. The molecule has 1 fully saturated rings. The molecule has 3 unspecified atom stereocenters. The first-order chi connectivity index (χ1) is 11.8. The van der Waals surface area contributed by atoms with Gasteiger partial charge in [-0.25, -0.2) is 4.79 Å². The predicted octanol–water partition coefficient (Wildman–Crippen LogP) is 1.75. The van der Waals surface area contributed by atoms with E-state index in [9.17, 15) is 36.3 Å². The van der Waals surface area contributed by atoms with Crippen molar-refractivity contribution >= 4 is 17.9 Å². The van der Waals surface area contributed by atoms with Gasteiger partial charge in [0.2, 0.25) is 0 Å². The van der Waals surface area contributed by atoms with Crippen LogP contribution in [0, 0.1) is 5.92 Å². The molecule has 1 aliphatic heterocycles. The molecule has 148 valence electrons. The fourth-order valence-electron chi connectivity index (χ4n) is 2.25. The first kappa shape index (κ1) is 21.8. The molecule has 26 heavy (non-hydrogen) atoms. The molecule has 7 nitrogen and oxygen atoms in total. The summed E-state index contributed by atoms with van der Waals surface area (Å²) in [4.78, 5) is 33.2. The van der Waals surface area contributed by atoms with Crippen molar-refractivity contribution in [2.75, 3.05) is 13.2 Å². The standard InChI is InChI=1S/C14H15F5O7/c1-4-10(22)23-5-9-6-24-13(14(17,18)19,26-8(3)21)12(15,16)11(9)25-7(2)20/h4,9,11H,1,5-6H2,2-3H3. The van der Waals surface area contributed by atoms with E-state index in [2.05, 4.69) is 25.5 Å². The Kier molecular flexibility index (Phi) is 6.34. The summed E-state index contributed by atoms with van der Waals surface area (Å²) in [7, 11) is 0. The van der Waals surface area contributed by atoms with Gasteiger partial charge in [-0.15, -0.1) is 0 Å². The number of hydrogen-bond acceptors (Lipinski definition) is 7. The summed E-state index contributed by atoms with van der Waals surface area (Å²) in [5.74, 6) is -15.4. The third-order valence-electron chi connectivity index (χ3n) is 3.28. The maximum Gasteiger partial charge on any atom is 0.462 e. The molecule has 1 rings (SSSR count). The second-order valence-corrected chi connectivity index (χ2v) is 5.27. The largest absolute Gasteiger partial charge is 0.462 e. The van der Waals surface area contributed by atoms with Crippen molar-refractivity contribution in [3.63, 3.8) is 0 Å². The van der Waals surface area contributed by atoms with Gasteiger partial charge in [0.1, 0.15) is 6.61 Å². The average molecular weight is 390 g/mol. The molecule has 0 radical (unpaired) electrons. The summed E-state index contributed by atoms with van der Waals surface area (Å²) in [5.41, 5.74) is 0. The smallest absolute Gasteiger partial charge is 0.462 e. The number of esters is 3. The summed E-state index contributed by atoms with van der Waals surface area (Å²) in [5, 5.41) is 0. The van der Waals surface area contributed by atoms with E-state index < -0.39 is 61.0 Å². The first-order valence-electron chi connectivity index (χ1n) is 7.03. The van der Waals surface area contributed by atoms with Crippen LogP contribution in [0.2, 0.25) is 0 Å². The summed E-state index contributed by atoms with van der Waals surface area (Å²) in [6, 6.07) is 0. The van der Waals surface area contributed by atoms with Gasteiger partial charge in [0.15, 0.2) is 6.10 Å². The van der Waals surface area contributed by atoms with Crippen LogP contribution in [0.4, 0.5) is 22.0 Å². The molecule has 0 spiro atoms.